The molecule has 1 atom stereocenters. The SMILES string of the molecule is Cc1noc(CN=C(N)NC(C)c2ccc(Cl)cc2Cl)n1.I. The highest BCUT2D eigenvalue weighted by Crippen LogP contribution is 2.25. The minimum atomic E-state index is -0.108. The summed E-state index contributed by atoms with van der Waals surface area (Å²) in [6, 6.07) is 5.19. The van der Waals surface area contributed by atoms with Crippen molar-refractivity contribution in [3.8, 4) is 0 Å². The summed E-state index contributed by atoms with van der Waals surface area (Å²) in [5.74, 6) is 1.24. The predicted molar refractivity (Wildman–Crippen MR) is 97.8 cm³/mol. The van der Waals surface area contributed by atoms with Crippen LogP contribution >= 0.6 is 47.2 Å². The molecule has 3 N–H and O–H groups in total. The molecule has 0 fully saturated rings. The summed E-state index contributed by atoms with van der Waals surface area (Å²) in [7, 11) is 0. The van der Waals surface area contributed by atoms with Gasteiger partial charge in [0, 0.05) is 10.0 Å². The lowest BCUT2D eigenvalue weighted by molar-refractivity contribution is 0.376. The maximum absolute atomic E-state index is 6.15. The summed E-state index contributed by atoms with van der Waals surface area (Å²) in [5.41, 5.74) is 6.71. The fraction of sp³-hybridized carbons (Fsp3) is 0.308. The molecule has 6 nitrogen and oxygen atoms in total. The first-order valence-electron chi connectivity index (χ1n) is 6.26. The van der Waals surface area contributed by atoms with Gasteiger partial charge in [0.2, 0.25) is 5.89 Å². The quantitative estimate of drug-likeness (QED) is 0.418. The molecule has 0 amide bonds. The van der Waals surface area contributed by atoms with Crippen molar-refractivity contribution in [3.63, 3.8) is 0 Å². The van der Waals surface area contributed by atoms with E-state index in [0.717, 1.165) is 5.56 Å². The summed E-state index contributed by atoms with van der Waals surface area (Å²) in [4.78, 5) is 8.18. The Morgan fingerprint density at radius 2 is 2.18 bits per heavy atom. The molecule has 0 spiro atoms. The third-order valence-corrected chi connectivity index (χ3v) is 3.31. The van der Waals surface area contributed by atoms with Crippen molar-refractivity contribution in [2.45, 2.75) is 26.4 Å². The van der Waals surface area contributed by atoms with Crippen LogP contribution in [0, 0.1) is 6.92 Å². The molecule has 0 aliphatic rings. The van der Waals surface area contributed by atoms with Crippen molar-refractivity contribution in [3.05, 3.63) is 45.5 Å². The van der Waals surface area contributed by atoms with E-state index in [-0.39, 0.29) is 42.5 Å². The van der Waals surface area contributed by atoms with Crippen molar-refractivity contribution in [2.24, 2.45) is 10.7 Å². The van der Waals surface area contributed by atoms with Gasteiger partial charge in [-0.15, -0.1) is 24.0 Å². The van der Waals surface area contributed by atoms with Crippen LogP contribution < -0.4 is 11.1 Å². The first-order valence-corrected chi connectivity index (χ1v) is 7.02. The summed E-state index contributed by atoms with van der Waals surface area (Å²) in [6.07, 6.45) is 0. The third-order valence-electron chi connectivity index (χ3n) is 2.75. The molecule has 1 aromatic carbocycles. The molecule has 1 heterocycles. The normalized spacial score (nSPS) is 12.6. The third kappa shape index (κ3) is 5.29. The largest absolute Gasteiger partial charge is 0.370 e. The van der Waals surface area contributed by atoms with E-state index < -0.39 is 0 Å². The molecular formula is C13H16Cl2IN5O. The van der Waals surface area contributed by atoms with Gasteiger partial charge in [-0.05, 0) is 31.5 Å². The number of guanidine groups is 1. The molecule has 1 unspecified atom stereocenters. The van der Waals surface area contributed by atoms with E-state index in [1.165, 1.54) is 0 Å². The molecule has 2 aromatic rings. The summed E-state index contributed by atoms with van der Waals surface area (Å²) < 4.78 is 4.95. The Balaban J connectivity index is 0.00000242. The first-order chi connectivity index (χ1) is 9.95. The zero-order chi connectivity index (χ0) is 15.4. The lowest BCUT2D eigenvalue weighted by Gasteiger charge is -2.16. The van der Waals surface area contributed by atoms with Gasteiger partial charge in [0.05, 0.1) is 6.04 Å². The number of aryl methyl sites for hydroxylation is 1. The standard InChI is InChI=1S/C13H15Cl2N5O.HI/c1-7(10-4-3-9(14)5-11(10)15)18-13(16)17-6-12-19-8(2)20-21-12;/h3-5,7H,6H2,1-2H3,(H3,16,17,18);1H. The zero-order valence-corrected chi connectivity index (χ0v) is 15.9. The smallest absolute Gasteiger partial charge is 0.248 e. The van der Waals surface area contributed by atoms with E-state index in [4.69, 9.17) is 33.5 Å². The maximum Gasteiger partial charge on any atom is 0.248 e. The highest BCUT2D eigenvalue weighted by atomic mass is 127. The molecule has 0 saturated carbocycles. The Hall–Kier alpha value is -1.06. The van der Waals surface area contributed by atoms with E-state index >= 15 is 0 Å². The lowest BCUT2D eigenvalue weighted by Crippen LogP contribution is -2.34. The van der Waals surface area contributed by atoms with Gasteiger partial charge in [0.1, 0.15) is 6.54 Å². The Labute approximate surface area is 155 Å². The number of hydrogen-bond donors (Lipinski definition) is 2. The first kappa shape index (κ1) is 19.0. The number of aromatic nitrogens is 2. The number of benzene rings is 1. The van der Waals surface area contributed by atoms with E-state index in [0.29, 0.717) is 21.8 Å². The maximum atomic E-state index is 6.15. The van der Waals surface area contributed by atoms with E-state index in [2.05, 4.69) is 20.4 Å². The molecule has 0 aliphatic carbocycles. The van der Waals surface area contributed by atoms with Gasteiger partial charge in [-0.1, -0.05) is 34.4 Å². The highest BCUT2D eigenvalue weighted by Gasteiger charge is 2.11. The van der Waals surface area contributed by atoms with E-state index in [1.807, 2.05) is 13.0 Å². The number of nitrogens with one attached hydrogen (secondary N) is 1. The average Bonchev–Trinajstić information content (AvgIpc) is 2.82. The second-order valence-electron chi connectivity index (χ2n) is 4.47. The van der Waals surface area contributed by atoms with E-state index in [9.17, 15) is 0 Å². The van der Waals surface area contributed by atoms with Crippen LogP contribution in [0.5, 0.6) is 0 Å². The Bertz CT molecular complexity index is 662. The molecule has 22 heavy (non-hydrogen) atoms. The van der Waals surface area contributed by atoms with Crippen molar-refractivity contribution in [1.82, 2.24) is 15.5 Å². The van der Waals surface area contributed by atoms with Crippen molar-refractivity contribution in [2.75, 3.05) is 0 Å². The molecule has 0 aliphatic heterocycles. The topological polar surface area (TPSA) is 89.3 Å². The number of rotatable bonds is 4. The molecule has 120 valence electrons. The Morgan fingerprint density at radius 3 is 2.77 bits per heavy atom. The van der Waals surface area contributed by atoms with Crippen LogP contribution in [0.3, 0.4) is 0 Å². The zero-order valence-electron chi connectivity index (χ0n) is 12.0. The number of nitrogens with zero attached hydrogens (tertiary/aromatic N) is 3. The Morgan fingerprint density at radius 1 is 1.45 bits per heavy atom. The van der Waals surface area contributed by atoms with Crippen molar-refractivity contribution >= 4 is 53.1 Å². The van der Waals surface area contributed by atoms with Gasteiger partial charge in [-0.25, -0.2) is 4.99 Å². The van der Waals surface area contributed by atoms with Gasteiger partial charge in [-0.2, -0.15) is 4.98 Å². The molecule has 0 radical (unpaired) electrons. The summed E-state index contributed by atoms with van der Waals surface area (Å²) >= 11 is 12.0. The van der Waals surface area contributed by atoms with Gasteiger partial charge in [-0.3, -0.25) is 0 Å². The van der Waals surface area contributed by atoms with Gasteiger partial charge >= 0.3 is 0 Å². The summed E-state index contributed by atoms with van der Waals surface area (Å²) in [5, 5.41) is 7.88. The van der Waals surface area contributed by atoms with E-state index in [1.54, 1.807) is 19.1 Å². The molecule has 1 aromatic heterocycles. The van der Waals surface area contributed by atoms with Crippen LogP contribution in [0.25, 0.3) is 0 Å². The molecule has 0 bridgehead atoms. The van der Waals surface area contributed by atoms with Crippen LogP contribution in [-0.4, -0.2) is 16.1 Å². The molecule has 9 heteroatoms. The average molecular weight is 456 g/mol. The lowest BCUT2D eigenvalue weighted by atomic mass is 10.1. The van der Waals surface area contributed by atoms with Crippen LogP contribution in [0.4, 0.5) is 0 Å². The highest BCUT2D eigenvalue weighted by molar-refractivity contribution is 14.0. The number of nitrogens with two attached hydrogens (primary N) is 1. The molecule has 0 saturated heterocycles. The fourth-order valence-corrected chi connectivity index (χ4v) is 2.33. The number of halogens is 3. The van der Waals surface area contributed by atoms with Gasteiger partial charge in [0.15, 0.2) is 11.8 Å². The van der Waals surface area contributed by atoms with Gasteiger partial charge < -0.3 is 15.6 Å². The second kappa shape index (κ2) is 8.54. The second-order valence-corrected chi connectivity index (χ2v) is 5.31. The van der Waals surface area contributed by atoms with Gasteiger partial charge in [0.25, 0.3) is 0 Å². The van der Waals surface area contributed by atoms with Crippen LogP contribution in [0.1, 0.15) is 30.2 Å². The van der Waals surface area contributed by atoms with Crippen LogP contribution in [0.2, 0.25) is 10.0 Å². The Kier molecular flexibility index (Phi) is 7.37. The monoisotopic (exact) mass is 455 g/mol. The molecule has 2 rings (SSSR count). The predicted octanol–water partition coefficient (Wildman–Crippen LogP) is 3.47. The number of hydrogen-bond acceptors (Lipinski definition) is 4. The van der Waals surface area contributed by atoms with Crippen LogP contribution in [-0.2, 0) is 6.54 Å². The summed E-state index contributed by atoms with van der Waals surface area (Å²) in [6.45, 7) is 3.89. The van der Waals surface area contributed by atoms with Crippen molar-refractivity contribution in [1.29, 1.82) is 0 Å². The number of aliphatic imine (C=N–C) groups is 1. The molecular weight excluding hydrogens is 440 g/mol. The van der Waals surface area contributed by atoms with Crippen molar-refractivity contribution < 1.29 is 4.52 Å². The fourth-order valence-electron chi connectivity index (χ4n) is 1.75. The minimum absolute atomic E-state index is 0. The van der Waals surface area contributed by atoms with Crippen LogP contribution in [0.15, 0.2) is 27.7 Å². The minimum Gasteiger partial charge on any atom is -0.370 e.